The number of rotatable bonds is 8. The summed E-state index contributed by atoms with van der Waals surface area (Å²) in [4.78, 5) is 24.9. The summed E-state index contributed by atoms with van der Waals surface area (Å²) in [6.45, 7) is 2.40. The lowest BCUT2D eigenvalue weighted by Crippen LogP contribution is -2.31. The number of furan rings is 1. The van der Waals surface area contributed by atoms with Crippen LogP contribution in [0.15, 0.2) is 75.8 Å². The van der Waals surface area contributed by atoms with E-state index < -0.39 is 0 Å². The highest BCUT2D eigenvalue weighted by atomic mass is 79.9. The van der Waals surface area contributed by atoms with Gasteiger partial charge in [0.05, 0.1) is 30.6 Å². The largest absolute Gasteiger partial charge is 0.467 e. The van der Waals surface area contributed by atoms with Crippen molar-refractivity contribution in [3.8, 4) is 0 Å². The fourth-order valence-electron chi connectivity index (χ4n) is 2.78. The molecule has 3 aromatic rings. The standard InChI is InChI=1S/C22H22BrN3O3/c1-15(16-8-10-17(23)11-9-16)24-14-21(27)26-20-7-3-2-6-19(20)22(28)25-13-18-5-4-12-29-18/h2-12,15,24H,13-14H2,1H3,(H,25,28)(H,26,27). The summed E-state index contributed by atoms with van der Waals surface area (Å²) in [6.07, 6.45) is 1.55. The number of amides is 2. The van der Waals surface area contributed by atoms with Crippen LogP contribution in [-0.4, -0.2) is 18.4 Å². The van der Waals surface area contributed by atoms with Crippen LogP contribution in [0.3, 0.4) is 0 Å². The van der Waals surface area contributed by atoms with Gasteiger partial charge in [0, 0.05) is 10.5 Å². The minimum atomic E-state index is -0.284. The van der Waals surface area contributed by atoms with Crippen molar-refractivity contribution in [3.63, 3.8) is 0 Å². The Kier molecular flexibility index (Phi) is 7.21. The van der Waals surface area contributed by atoms with Crippen molar-refractivity contribution in [1.82, 2.24) is 10.6 Å². The summed E-state index contributed by atoms with van der Waals surface area (Å²) in [5.74, 6) is 0.153. The predicted molar refractivity (Wildman–Crippen MR) is 116 cm³/mol. The van der Waals surface area contributed by atoms with Crippen molar-refractivity contribution < 1.29 is 14.0 Å². The fraction of sp³-hybridized carbons (Fsp3) is 0.182. The Bertz CT molecular complexity index is 956. The van der Waals surface area contributed by atoms with Crippen LogP contribution in [0.2, 0.25) is 0 Å². The molecular formula is C22H22BrN3O3. The molecule has 1 atom stereocenters. The lowest BCUT2D eigenvalue weighted by molar-refractivity contribution is -0.115. The minimum Gasteiger partial charge on any atom is -0.467 e. The van der Waals surface area contributed by atoms with Crippen molar-refractivity contribution >= 4 is 33.4 Å². The Balaban J connectivity index is 1.56. The molecule has 1 heterocycles. The average molecular weight is 456 g/mol. The van der Waals surface area contributed by atoms with Crippen LogP contribution >= 0.6 is 15.9 Å². The third-order valence-corrected chi connectivity index (χ3v) is 4.92. The van der Waals surface area contributed by atoms with E-state index in [0.29, 0.717) is 17.0 Å². The summed E-state index contributed by atoms with van der Waals surface area (Å²) < 4.78 is 6.22. The molecule has 0 saturated carbocycles. The molecule has 0 aliphatic carbocycles. The van der Waals surface area contributed by atoms with Gasteiger partial charge in [-0.05, 0) is 48.9 Å². The number of anilines is 1. The highest BCUT2D eigenvalue weighted by Crippen LogP contribution is 2.17. The quantitative estimate of drug-likeness (QED) is 0.473. The van der Waals surface area contributed by atoms with E-state index >= 15 is 0 Å². The van der Waals surface area contributed by atoms with E-state index in [1.54, 1.807) is 42.7 Å². The average Bonchev–Trinajstić information content (AvgIpc) is 3.25. The summed E-state index contributed by atoms with van der Waals surface area (Å²) >= 11 is 3.41. The fourth-order valence-corrected chi connectivity index (χ4v) is 3.04. The van der Waals surface area contributed by atoms with Gasteiger partial charge in [-0.3, -0.25) is 9.59 Å². The molecule has 3 rings (SSSR count). The molecular weight excluding hydrogens is 434 g/mol. The molecule has 0 spiro atoms. The molecule has 2 amide bonds. The number of carbonyl (C=O) groups is 2. The topological polar surface area (TPSA) is 83.4 Å². The van der Waals surface area contributed by atoms with Gasteiger partial charge in [-0.25, -0.2) is 0 Å². The van der Waals surface area contributed by atoms with Crippen LogP contribution < -0.4 is 16.0 Å². The molecule has 150 valence electrons. The van der Waals surface area contributed by atoms with E-state index in [9.17, 15) is 9.59 Å². The Labute approximate surface area is 177 Å². The lowest BCUT2D eigenvalue weighted by atomic mass is 10.1. The van der Waals surface area contributed by atoms with E-state index in [4.69, 9.17) is 4.42 Å². The number of benzene rings is 2. The first kappa shape index (κ1) is 20.8. The maximum absolute atomic E-state index is 12.5. The van der Waals surface area contributed by atoms with E-state index in [0.717, 1.165) is 10.0 Å². The maximum Gasteiger partial charge on any atom is 0.253 e. The minimum absolute atomic E-state index is 0.0145. The first-order chi connectivity index (χ1) is 14.0. The van der Waals surface area contributed by atoms with Crippen molar-refractivity contribution in [2.45, 2.75) is 19.5 Å². The number of halogens is 1. The summed E-state index contributed by atoms with van der Waals surface area (Å²) in [7, 11) is 0. The number of nitrogens with one attached hydrogen (secondary N) is 3. The molecule has 7 heteroatoms. The maximum atomic E-state index is 12.5. The SMILES string of the molecule is CC(NCC(=O)Nc1ccccc1C(=O)NCc1ccco1)c1ccc(Br)cc1. The molecule has 6 nitrogen and oxygen atoms in total. The van der Waals surface area contributed by atoms with E-state index in [-0.39, 0.29) is 30.9 Å². The predicted octanol–water partition coefficient (Wildman–Crippen LogP) is 4.26. The highest BCUT2D eigenvalue weighted by molar-refractivity contribution is 9.10. The van der Waals surface area contributed by atoms with Crippen LogP contribution in [0.1, 0.15) is 34.6 Å². The first-order valence-electron chi connectivity index (χ1n) is 9.21. The molecule has 2 aromatic carbocycles. The number of carbonyl (C=O) groups excluding carboxylic acids is 2. The lowest BCUT2D eigenvalue weighted by Gasteiger charge is -2.15. The van der Waals surface area contributed by atoms with E-state index in [1.165, 1.54) is 0 Å². The van der Waals surface area contributed by atoms with Gasteiger partial charge in [0.25, 0.3) is 5.91 Å². The second-order valence-corrected chi connectivity index (χ2v) is 7.43. The monoisotopic (exact) mass is 455 g/mol. The third-order valence-electron chi connectivity index (χ3n) is 4.39. The van der Waals surface area contributed by atoms with Gasteiger partial charge in [0.15, 0.2) is 0 Å². The van der Waals surface area contributed by atoms with Crippen molar-refractivity contribution in [2.24, 2.45) is 0 Å². The molecule has 1 aromatic heterocycles. The molecule has 0 fully saturated rings. The zero-order valence-corrected chi connectivity index (χ0v) is 17.5. The molecule has 0 bridgehead atoms. The Morgan fingerprint density at radius 1 is 1.03 bits per heavy atom. The van der Waals surface area contributed by atoms with Crippen molar-refractivity contribution in [3.05, 3.63) is 88.3 Å². The Morgan fingerprint density at radius 2 is 1.79 bits per heavy atom. The highest BCUT2D eigenvalue weighted by Gasteiger charge is 2.14. The molecule has 3 N–H and O–H groups in total. The normalized spacial score (nSPS) is 11.7. The van der Waals surface area contributed by atoms with Crippen LogP contribution in [-0.2, 0) is 11.3 Å². The summed E-state index contributed by atoms with van der Waals surface area (Å²) in [5, 5.41) is 8.79. The van der Waals surface area contributed by atoms with Crippen molar-refractivity contribution in [1.29, 1.82) is 0 Å². The van der Waals surface area contributed by atoms with Gasteiger partial charge < -0.3 is 20.4 Å². The van der Waals surface area contributed by atoms with Crippen LogP contribution in [0.25, 0.3) is 0 Å². The molecule has 0 aliphatic heterocycles. The number of hydrogen-bond acceptors (Lipinski definition) is 4. The first-order valence-corrected chi connectivity index (χ1v) is 10.0. The van der Waals surface area contributed by atoms with Crippen LogP contribution in [0.4, 0.5) is 5.69 Å². The molecule has 0 radical (unpaired) electrons. The van der Waals surface area contributed by atoms with Gasteiger partial charge >= 0.3 is 0 Å². The van der Waals surface area contributed by atoms with Gasteiger partial charge in [-0.1, -0.05) is 40.2 Å². The van der Waals surface area contributed by atoms with Crippen LogP contribution in [0, 0.1) is 0 Å². The molecule has 29 heavy (non-hydrogen) atoms. The van der Waals surface area contributed by atoms with Gasteiger partial charge in [-0.2, -0.15) is 0 Å². The van der Waals surface area contributed by atoms with E-state index in [1.807, 2.05) is 31.2 Å². The van der Waals surface area contributed by atoms with Gasteiger partial charge in [0.1, 0.15) is 5.76 Å². The smallest absolute Gasteiger partial charge is 0.253 e. The van der Waals surface area contributed by atoms with E-state index in [2.05, 4.69) is 31.9 Å². The molecule has 0 saturated heterocycles. The van der Waals surface area contributed by atoms with Crippen molar-refractivity contribution in [2.75, 3.05) is 11.9 Å². The summed E-state index contributed by atoms with van der Waals surface area (Å²) in [6, 6.07) is 18.4. The zero-order chi connectivity index (χ0) is 20.6. The Morgan fingerprint density at radius 3 is 2.52 bits per heavy atom. The van der Waals surface area contributed by atoms with Gasteiger partial charge in [-0.15, -0.1) is 0 Å². The van der Waals surface area contributed by atoms with Crippen LogP contribution in [0.5, 0.6) is 0 Å². The molecule has 0 aliphatic rings. The molecule has 1 unspecified atom stereocenters. The number of hydrogen-bond donors (Lipinski definition) is 3. The van der Waals surface area contributed by atoms with Gasteiger partial charge in [0.2, 0.25) is 5.91 Å². The number of para-hydroxylation sites is 1. The zero-order valence-electron chi connectivity index (χ0n) is 15.9. The summed E-state index contributed by atoms with van der Waals surface area (Å²) in [5.41, 5.74) is 1.94. The second kappa shape index (κ2) is 10.0. The third kappa shape index (κ3) is 6.04. The Hall–Kier alpha value is -2.90. The second-order valence-electron chi connectivity index (χ2n) is 6.51.